The number of halogens is 2. The fourth-order valence-corrected chi connectivity index (χ4v) is 2.88. The molecule has 26 heavy (non-hydrogen) atoms. The summed E-state index contributed by atoms with van der Waals surface area (Å²) in [6, 6.07) is 13.0. The maximum atomic E-state index is 13.6. The van der Waals surface area contributed by atoms with Crippen molar-refractivity contribution in [3.05, 3.63) is 71.6 Å². The van der Waals surface area contributed by atoms with E-state index in [1.54, 1.807) is 6.92 Å². The molecule has 8 heteroatoms. The Bertz CT molecular complexity index is 882. The van der Waals surface area contributed by atoms with Gasteiger partial charge in [-0.3, -0.25) is 4.79 Å². The highest BCUT2D eigenvalue weighted by atomic mass is 32.2. The number of thioether (sulfide) groups is 1. The number of anilines is 1. The molecular weight excluding hydrogens is 360 g/mol. The summed E-state index contributed by atoms with van der Waals surface area (Å²) >= 11 is 1.02. The summed E-state index contributed by atoms with van der Waals surface area (Å²) in [5.74, 6) is -1.81. The number of nitrogens with one attached hydrogen (secondary N) is 1. The number of aromatic nitrogens is 2. The molecule has 1 heterocycles. The normalized spacial score (nSPS) is 12.0. The van der Waals surface area contributed by atoms with Crippen LogP contribution >= 0.6 is 11.8 Å². The molecule has 1 aromatic heterocycles. The minimum absolute atomic E-state index is 0.215. The largest absolute Gasteiger partial charge is 0.416 e. The van der Waals surface area contributed by atoms with Crippen molar-refractivity contribution in [1.29, 1.82) is 0 Å². The van der Waals surface area contributed by atoms with Gasteiger partial charge in [-0.15, -0.1) is 10.2 Å². The Morgan fingerprint density at radius 1 is 1.12 bits per heavy atom. The molecule has 0 spiro atoms. The Hall–Kier alpha value is -2.74. The van der Waals surface area contributed by atoms with Gasteiger partial charge in [0, 0.05) is 0 Å². The molecule has 0 saturated heterocycles. The molecule has 0 aliphatic rings. The van der Waals surface area contributed by atoms with E-state index in [1.165, 1.54) is 6.07 Å². The highest BCUT2D eigenvalue weighted by Crippen LogP contribution is 2.25. The minimum atomic E-state index is -0.835. The molecule has 0 aliphatic carbocycles. The Balaban J connectivity index is 1.61. The molecule has 0 unspecified atom stereocenters. The highest BCUT2D eigenvalue weighted by molar-refractivity contribution is 8.00. The number of carbonyl (C=O) groups is 1. The standard InChI is InChI=1S/C18H15F2N3O2S/c1-11(17(24)21-16-13(19)8-5-9-14(16)20)26-18-23-22-15(25-18)10-12-6-3-2-4-7-12/h2-9,11H,10H2,1H3,(H,21,24)/t11-/m0/s1. The zero-order valence-corrected chi connectivity index (χ0v) is 14.6. The maximum Gasteiger partial charge on any atom is 0.277 e. The lowest BCUT2D eigenvalue weighted by molar-refractivity contribution is -0.115. The van der Waals surface area contributed by atoms with Crippen LogP contribution in [0.2, 0.25) is 0 Å². The summed E-state index contributed by atoms with van der Waals surface area (Å²) in [7, 11) is 0. The predicted octanol–water partition coefficient (Wildman–Crippen LogP) is 4.06. The van der Waals surface area contributed by atoms with Crippen molar-refractivity contribution in [3.63, 3.8) is 0 Å². The summed E-state index contributed by atoms with van der Waals surface area (Å²) in [6.07, 6.45) is 0.482. The molecule has 0 saturated carbocycles. The van der Waals surface area contributed by atoms with Crippen LogP contribution in [0.25, 0.3) is 0 Å². The van der Waals surface area contributed by atoms with E-state index in [2.05, 4.69) is 15.5 Å². The predicted molar refractivity (Wildman–Crippen MR) is 93.9 cm³/mol. The average molecular weight is 375 g/mol. The van der Waals surface area contributed by atoms with Crippen molar-refractivity contribution in [3.8, 4) is 0 Å². The number of benzene rings is 2. The van der Waals surface area contributed by atoms with Crippen LogP contribution in [-0.2, 0) is 11.2 Å². The van der Waals surface area contributed by atoms with Crippen molar-refractivity contribution >= 4 is 23.4 Å². The molecule has 2 aromatic carbocycles. The van der Waals surface area contributed by atoms with Crippen molar-refractivity contribution in [2.24, 2.45) is 0 Å². The fourth-order valence-electron chi connectivity index (χ4n) is 2.17. The molecule has 0 aliphatic heterocycles. The van der Waals surface area contributed by atoms with Crippen LogP contribution < -0.4 is 5.32 Å². The zero-order valence-electron chi connectivity index (χ0n) is 13.8. The average Bonchev–Trinajstić information content (AvgIpc) is 3.05. The lowest BCUT2D eigenvalue weighted by Gasteiger charge is -2.11. The summed E-state index contributed by atoms with van der Waals surface area (Å²) in [4.78, 5) is 12.2. The van der Waals surface area contributed by atoms with Gasteiger partial charge in [-0.25, -0.2) is 8.78 Å². The second kappa shape index (κ2) is 8.09. The SMILES string of the molecule is C[C@H](Sc1nnc(Cc2ccccc2)o1)C(=O)Nc1c(F)cccc1F. The Morgan fingerprint density at radius 2 is 1.81 bits per heavy atom. The van der Waals surface area contributed by atoms with E-state index in [4.69, 9.17) is 4.42 Å². The van der Waals surface area contributed by atoms with Crippen LogP contribution in [-0.4, -0.2) is 21.4 Å². The molecule has 0 bridgehead atoms. The minimum Gasteiger partial charge on any atom is -0.416 e. The molecule has 134 valence electrons. The Morgan fingerprint density at radius 3 is 2.50 bits per heavy atom. The summed E-state index contributed by atoms with van der Waals surface area (Å²) in [5, 5.41) is 9.62. The van der Waals surface area contributed by atoms with Crippen LogP contribution in [0, 0.1) is 11.6 Å². The first kappa shape index (κ1) is 18.1. The zero-order chi connectivity index (χ0) is 18.5. The topological polar surface area (TPSA) is 68.0 Å². The van der Waals surface area contributed by atoms with E-state index in [-0.39, 0.29) is 5.22 Å². The van der Waals surface area contributed by atoms with Crippen LogP contribution in [0.1, 0.15) is 18.4 Å². The molecule has 5 nitrogen and oxygen atoms in total. The molecule has 0 fully saturated rings. The number of carbonyl (C=O) groups excluding carboxylic acids is 1. The third-order valence-electron chi connectivity index (χ3n) is 3.50. The van der Waals surface area contributed by atoms with E-state index in [0.29, 0.717) is 12.3 Å². The molecule has 1 N–H and O–H groups in total. The van der Waals surface area contributed by atoms with Gasteiger partial charge >= 0.3 is 0 Å². The molecule has 3 aromatic rings. The van der Waals surface area contributed by atoms with Crippen LogP contribution in [0.4, 0.5) is 14.5 Å². The van der Waals surface area contributed by atoms with Gasteiger partial charge in [-0.1, -0.05) is 48.2 Å². The number of hydrogen-bond acceptors (Lipinski definition) is 5. The van der Waals surface area contributed by atoms with Gasteiger partial charge in [-0.2, -0.15) is 0 Å². The molecule has 0 radical (unpaired) electrons. The van der Waals surface area contributed by atoms with Gasteiger partial charge in [-0.05, 0) is 24.6 Å². The number of amides is 1. The fraction of sp³-hybridized carbons (Fsp3) is 0.167. The molecule has 1 amide bonds. The first-order valence-corrected chi connectivity index (χ1v) is 8.68. The number of para-hydroxylation sites is 1. The first-order valence-electron chi connectivity index (χ1n) is 7.81. The van der Waals surface area contributed by atoms with Gasteiger partial charge < -0.3 is 9.73 Å². The summed E-state index contributed by atoms with van der Waals surface area (Å²) in [6.45, 7) is 1.58. The lowest BCUT2D eigenvalue weighted by Crippen LogP contribution is -2.23. The third-order valence-corrected chi connectivity index (χ3v) is 4.44. The summed E-state index contributed by atoms with van der Waals surface area (Å²) < 4.78 is 32.7. The van der Waals surface area contributed by atoms with Crippen LogP contribution in [0.15, 0.2) is 58.2 Å². The number of nitrogens with zero attached hydrogens (tertiary/aromatic N) is 2. The Labute approximate surface area is 152 Å². The van der Waals surface area contributed by atoms with E-state index >= 15 is 0 Å². The van der Waals surface area contributed by atoms with E-state index in [1.807, 2.05) is 30.3 Å². The van der Waals surface area contributed by atoms with E-state index in [9.17, 15) is 13.6 Å². The van der Waals surface area contributed by atoms with Gasteiger partial charge in [0.25, 0.3) is 5.22 Å². The van der Waals surface area contributed by atoms with E-state index < -0.39 is 28.5 Å². The molecule has 3 rings (SSSR count). The third kappa shape index (κ3) is 4.45. The van der Waals surface area contributed by atoms with Crippen LogP contribution in [0.5, 0.6) is 0 Å². The summed E-state index contributed by atoms with van der Waals surface area (Å²) in [5.41, 5.74) is 0.550. The lowest BCUT2D eigenvalue weighted by atomic mass is 10.2. The first-order chi connectivity index (χ1) is 12.5. The second-order valence-electron chi connectivity index (χ2n) is 5.47. The number of hydrogen-bond donors (Lipinski definition) is 1. The van der Waals surface area contributed by atoms with Gasteiger partial charge in [0.2, 0.25) is 11.8 Å². The van der Waals surface area contributed by atoms with Crippen molar-refractivity contribution in [2.75, 3.05) is 5.32 Å². The molecular formula is C18H15F2N3O2S. The molecule has 1 atom stereocenters. The number of rotatable bonds is 6. The van der Waals surface area contributed by atoms with Crippen molar-refractivity contribution in [2.45, 2.75) is 23.8 Å². The van der Waals surface area contributed by atoms with Gasteiger partial charge in [0.1, 0.15) is 17.3 Å². The van der Waals surface area contributed by atoms with Crippen molar-refractivity contribution in [1.82, 2.24) is 10.2 Å². The Kier molecular flexibility index (Phi) is 5.62. The van der Waals surface area contributed by atoms with Crippen molar-refractivity contribution < 1.29 is 18.0 Å². The maximum absolute atomic E-state index is 13.6. The smallest absolute Gasteiger partial charge is 0.277 e. The highest BCUT2D eigenvalue weighted by Gasteiger charge is 2.21. The quantitative estimate of drug-likeness (QED) is 0.658. The van der Waals surface area contributed by atoms with Gasteiger partial charge in [0.05, 0.1) is 11.7 Å². The van der Waals surface area contributed by atoms with E-state index in [0.717, 1.165) is 29.5 Å². The monoisotopic (exact) mass is 375 g/mol. The van der Waals surface area contributed by atoms with Crippen LogP contribution in [0.3, 0.4) is 0 Å². The second-order valence-corrected chi connectivity index (χ2v) is 6.76. The van der Waals surface area contributed by atoms with Gasteiger partial charge in [0.15, 0.2) is 0 Å².